The average molecular weight is 167 g/mol. The SMILES string of the molecule is [CH2]CCOCC#CCCCCC. The van der Waals surface area contributed by atoms with Crippen molar-refractivity contribution >= 4 is 0 Å². The molecular weight excluding hydrogens is 148 g/mol. The number of unbranched alkanes of at least 4 members (excludes halogenated alkanes) is 3. The molecule has 69 valence electrons. The summed E-state index contributed by atoms with van der Waals surface area (Å²) in [6.45, 7) is 7.17. The lowest BCUT2D eigenvalue weighted by molar-refractivity contribution is 0.172. The first-order valence-corrected chi connectivity index (χ1v) is 4.74. The summed E-state index contributed by atoms with van der Waals surface area (Å²) >= 11 is 0. The monoisotopic (exact) mass is 167 g/mol. The molecule has 1 radical (unpaired) electrons. The van der Waals surface area contributed by atoms with Gasteiger partial charge in [-0.3, -0.25) is 0 Å². The molecule has 0 rings (SSSR count). The number of hydrogen-bond donors (Lipinski definition) is 0. The average Bonchev–Trinajstić information content (AvgIpc) is 2.10. The van der Waals surface area contributed by atoms with Crippen LogP contribution in [0, 0.1) is 18.8 Å². The van der Waals surface area contributed by atoms with E-state index in [1.165, 1.54) is 19.3 Å². The van der Waals surface area contributed by atoms with Gasteiger partial charge in [-0.15, -0.1) is 5.92 Å². The second-order valence-electron chi connectivity index (χ2n) is 2.72. The smallest absolute Gasteiger partial charge is 0.107 e. The summed E-state index contributed by atoms with van der Waals surface area (Å²) < 4.78 is 5.15. The first-order valence-electron chi connectivity index (χ1n) is 4.74. The van der Waals surface area contributed by atoms with E-state index < -0.39 is 0 Å². The van der Waals surface area contributed by atoms with Gasteiger partial charge in [0.2, 0.25) is 0 Å². The van der Waals surface area contributed by atoms with Crippen LogP contribution in [0.25, 0.3) is 0 Å². The fourth-order valence-electron chi connectivity index (χ4n) is 0.828. The van der Waals surface area contributed by atoms with E-state index in [1.54, 1.807) is 0 Å². The van der Waals surface area contributed by atoms with Crippen LogP contribution < -0.4 is 0 Å². The molecule has 0 bridgehead atoms. The van der Waals surface area contributed by atoms with Crippen LogP contribution >= 0.6 is 0 Å². The lowest BCUT2D eigenvalue weighted by Crippen LogP contribution is -1.91. The Balaban J connectivity index is 3.01. The predicted octanol–water partition coefficient (Wildman–Crippen LogP) is 2.81. The predicted molar refractivity (Wildman–Crippen MR) is 52.7 cm³/mol. The Labute approximate surface area is 76.5 Å². The number of hydrogen-bond acceptors (Lipinski definition) is 1. The summed E-state index contributed by atoms with van der Waals surface area (Å²) in [4.78, 5) is 0. The maximum atomic E-state index is 5.15. The molecule has 0 atom stereocenters. The fraction of sp³-hybridized carbons (Fsp3) is 0.727. The summed E-state index contributed by atoms with van der Waals surface area (Å²) in [5.41, 5.74) is 0. The van der Waals surface area contributed by atoms with Gasteiger partial charge >= 0.3 is 0 Å². The van der Waals surface area contributed by atoms with E-state index in [2.05, 4.69) is 25.7 Å². The number of rotatable bonds is 6. The minimum absolute atomic E-state index is 0.571. The zero-order valence-corrected chi connectivity index (χ0v) is 8.07. The zero-order valence-electron chi connectivity index (χ0n) is 8.07. The van der Waals surface area contributed by atoms with Crippen LogP contribution in [0.2, 0.25) is 0 Å². The molecule has 1 nitrogen and oxygen atoms in total. The van der Waals surface area contributed by atoms with Gasteiger partial charge in [-0.1, -0.05) is 32.6 Å². The van der Waals surface area contributed by atoms with Crippen molar-refractivity contribution in [2.45, 2.75) is 39.0 Å². The third-order valence-corrected chi connectivity index (χ3v) is 1.49. The quantitative estimate of drug-likeness (QED) is 0.436. The van der Waals surface area contributed by atoms with Crippen molar-refractivity contribution in [1.29, 1.82) is 0 Å². The van der Waals surface area contributed by atoms with Crippen LogP contribution in [0.4, 0.5) is 0 Å². The Hall–Kier alpha value is -0.480. The van der Waals surface area contributed by atoms with Crippen molar-refractivity contribution < 1.29 is 4.74 Å². The highest BCUT2D eigenvalue weighted by atomic mass is 16.5. The molecule has 0 saturated carbocycles. The summed E-state index contributed by atoms with van der Waals surface area (Å²) in [5, 5.41) is 0. The Morgan fingerprint density at radius 3 is 2.75 bits per heavy atom. The lowest BCUT2D eigenvalue weighted by atomic mass is 10.2. The van der Waals surface area contributed by atoms with Crippen LogP contribution in [0.15, 0.2) is 0 Å². The second kappa shape index (κ2) is 10.5. The molecule has 1 heteroatoms. The fourth-order valence-corrected chi connectivity index (χ4v) is 0.828. The summed E-state index contributed by atoms with van der Waals surface area (Å²) in [5.74, 6) is 6.06. The van der Waals surface area contributed by atoms with Gasteiger partial charge in [-0.25, -0.2) is 0 Å². The third-order valence-electron chi connectivity index (χ3n) is 1.49. The molecular formula is C11H19O. The standard InChI is InChI=1S/C11H19O/c1-3-5-6-7-8-9-11-12-10-4-2/h2-7,10-11H2,1H3. The van der Waals surface area contributed by atoms with Crippen LogP contribution in [0.1, 0.15) is 39.0 Å². The van der Waals surface area contributed by atoms with Gasteiger partial charge in [0.25, 0.3) is 0 Å². The summed E-state index contributed by atoms with van der Waals surface area (Å²) in [6, 6.07) is 0. The maximum Gasteiger partial charge on any atom is 0.107 e. The highest BCUT2D eigenvalue weighted by Gasteiger charge is 1.81. The van der Waals surface area contributed by atoms with Crippen LogP contribution in [0.3, 0.4) is 0 Å². The Morgan fingerprint density at radius 2 is 2.08 bits per heavy atom. The first kappa shape index (κ1) is 11.5. The Kier molecular flexibility index (Phi) is 10.1. The van der Waals surface area contributed by atoms with E-state index in [9.17, 15) is 0 Å². The number of ether oxygens (including phenoxy) is 1. The van der Waals surface area contributed by atoms with E-state index >= 15 is 0 Å². The third kappa shape index (κ3) is 9.52. The van der Waals surface area contributed by atoms with Crippen molar-refractivity contribution in [2.75, 3.05) is 13.2 Å². The highest BCUT2D eigenvalue weighted by molar-refractivity contribution is 4.98. The molecule has 0 heterocycles. The van der Waals surface area contributed by atoms with Crippen molar-refractivity contribution in [3.05, 3.63) is 6.92 Å². The molecule has 0 aromatic rings. The van der Waals surface area contributed by atoms with E-state index in [4.69, 9.17) is 4.74 Å². The van der Waals surface area contributed by atoms with Gasteiger partial charge in [-0.2, -0.15) is 0 Å². The molecule has 0 aliphatic rings. The summed E-state index contributed by atoms with van der Waals surface area (Å²) in [6.07, 6.45) is 5.62. The van der Waals surface area contributed by atoms with Crippen LogP contribution in [0.5, 0.6) is 0 Å². The molecule has 0 aliphatic carbocycles. The molecule has 0 N–H and O–H groups in total. The molecule has 12 heavy (non-hydrogen) atoms. The van der Waals surface area contributed by atoms with E-state index in [-0.39, 0.29) is 0 Å². The first-order chi connectivity index (χ1) is 5.91. The van der Waals surface area contributed by atoms with Crippen molar-refractivity contribution in [3.63, 3.8) is 0 Å². The Morgan fingerprint density at radius 1 is 1.25 bits per heavy atom. The molecule has 0 unspecified atom stereocenters. The molecule has 0 saturated heterocycles. The van der Waals surface area contributed by atoms with Crippen molar-refractivity contribution in [2.24, 2.45) is 0 Å². The van der Waals surface area contributed by atoms with Crippen molar-refractivity contribution in [3.8, 4) is 11.8 Å². The van der Waals surface area contributed by atoms with Gasteiger partial charge in [0.1, 0.15) is 6.61 Å². The van der Waals surface area contributed by atoms with E-state index in [1.807, 2.05) is 0 Å². The topological polar surface area (TPSA) is 9.23 Å². The minimum atomic E-state index is 0.571. The lowest BCUT2D eigenvalue weighted by Gasteiger charge is -1.93. The van der Waals surface area contributed by atoms with Gasteiger partial charge in [-0.05, 0) is 12.8 Å². The minimum Gasteiger partial charge on any atom is -0.369 e. The van der Waals surface area contributed by atoms with Gasteiger partial charge in [0.15, 0.2) is 0 Å². The van der Waals surface area contributed by atoms with Crippen molar-refractivity contribution in [1.82, 2.24) is 0 Å². The highest BCUT2D eigenvalue weighted by Crippen LogP contribution is 1.96. The molecule has 0 spiro atoms. The Bertz CT molecular complexity index is 116. The van der Waals surface area contributed by atoms with Crippen LogP contribution in [-0.2, 0) is 4.74 Å². The van der Waals surface area contributed by atoms with E-state index in [0.29, 0.717) is 6.61 Å². The zero-order chi connectivity index (χ0) is 9.07. The summed E-state index contributed by atoms with van der Waals surface area (Å²) in [7, 11) is 0. The largest absolute Gasteiger partial charge is 0.369 e. The van der Waals surface area contributed by atoms with Gasteiger partial charge in [0, 0.05) is 13.0 Å². The van der Waals surface area contributed by atoms with Gasteiger partial charge in [0.05, 0.1) is 0 Å². The molecule has 0 aromatic heterocycles. The molecule has 0 aromatic carbocycles. The molecule has 0 fully saturated rings. The van der Waals surface area contributed by atoms with E-state index in [0.717, 1.165) is 19.4 Å². The normalized spacial score (nSPS) is 9.17. The van der Waals surface area contributed by atoms with Gasteiger partial charge < -0.3 is 4.74 Å². The maximum absolute atomic E-state index is 5.15. The second-order valence-corrected chi connectivity index (χ2v) is 2.72. The molecule has 0 amide bonds. The molecule has 0 aliphatic heterocycles. The van der Waals surface area contributed by atoms with Crippen LogP contribution in [-0.4, -0.2) is 13.2 Å².